The summed E-state index contributed by atoms with van der Waals surface area (Å²) in [6.45, 7) is 3.65. The second-order valence-corrected chi connectivity index (χ2v) is 6.18. The monoisotopic (exact) mass is 300 g/mol. The molecule has 0 unspecified atom stereocenters. The maximum Gasteiger partial charge on any atom is 0.324 e. The zero-order valence-electron chi connectivity index (χ0n) is 13.0. The first-order valence-electron chi connectivity index (χ1n) is 7.84. The molecule has 2 aromatic heterocycles. The minimum atomic E-state index is 0.373. The summed E-state index contributed by atoms with van der Waals surface area (Å²) in [6.07, 6.45) is 4.71. The second-order valence-electron chi connectivity index (χ2n) is 6.18. The first-order valence-corrected chi connectivity index (χ1v) is 7.84. The van der Waals surface area contributed by atoms with Crippen molar-refractivity contribution < 1.29 is 4.52 Å². The van der Waals surface area contributed by atoms with Crippen molar-refractivity contribution in [2.24, 2.45) is 0 Å². The van der Waals surface area contributed by atoms with Crippen LogP contribution in [0.25, 0.3) is 0 Å². The quantitative estimate of drug-likeness (QED) is 0.847. The van der Waals surface area contributed by atoms with Crippen molar-refractivity contribution in [1.82, 2.24) is 20.3 Å². The highest BCUT2D eigenvalue weighted by atomic mass is 16.5. The number of fused-ring (bicyclic) bond motifs is 1. The molecule has 1 fully saturated rings. The first kappa shape index (κ1) is 13.5. The Balaban J connectivity index is 1.42. The molecule has 0 spiro atoms. The number of hydrogen-bond donors (Lipinski definition) is 0. The average molecular weight is 300 g/mol. The Labute approximate surface area is 129 Å². The van der Waals surface area contributed by atoms with Crippen LogP contribution in [0.2, 0.25) is 0 Å². The molecule has 1 aliphatic carbocycles. The molecular formula is C15H20N6O. The number of anilines is 2. The van der Waals surface area contributed by atoms with E-state index >= 15 is 0 Å². The average Bonchev–Trinajstić information content (AvgIpc) is 2.92. The van der Waals surface area contributed by atoms with Crippen LogP contribution in [0.4, 0.5) is 11.8 Å². The van der Waals surface area contributed by atoms with Crippen LogP contribution in [0.1, 0.15) is 29.9 Å². The summed E-state index contributed by atoms with van der Waals surface area (Å²) in [5.74, 6) is 1.66. The van der Waals surface area contributed by atoms with Gasteiger partial charge in [0.1, 0.15) is 0 Å². The molecule has 1 saturated heterocycles. The number of rotatable bonds is 3. The van der Waals surface area contributed by atoms with Crippen molar-refractivity contribution >= 4 is 11.8 Å². The first-order chi connectivity index (χ1) is 10.7. The highest BCUT2D eigenvalue weighted by molar-refractivity contribution is 5.47. The van der Waals surface area contributed by atoms with E-state index in [-0.39, 0.29) is 0 Å². The summed E-state index contributed by atoms with van der Waals surface area (Å²) in [7, 11) is 1.99. The molecule has 116 valence electrons. The second kappa shape index (κ2) is 5.23. The molecule has 0 amide bonds. The van der Waals surface area contributed by atoms with Crippen molar-refractivity contribution in [1.29, 1.82) is 0 Å². The van der Waals surface area contributed by atoms with E-state index in [9.17, 15) is 0 Å². The molecule has 7 heteroatoms. The van der Waals surface area contributed by atoms with Gasteiger partial charge in [0.25, 0.3) is 0 Å². The van der Waals surface area contributed by atoms with Gasteiger partial charge in [0.15, 0.2) is 11.6 Å². The molecule has 7 nitrogen and oxygen atoms in total. The molecule has 0 bridgehead atoms. The molecule has 0 aromatic carbocycles. The standard InChI is InChI=1S/C15H20N6O/c1-10-16-15(22-19-10)20(2)12-8-21(9-12)14-7-11-5-3-4-6-13(11)17-18-14/h7,12H,3-6,8-9H2,1-2H3. The largest absolute Gasteiger partial charge is 0.351 e. The molecule has 2 aromatic rings. The van der Waals surface area contributed by atoms with Crippen molar-refractivity contribution in [3.8, 4) is 0 Å². The van der Waals surface area contributed by atoms with Gasteiger partial charge in [-0.3, -0.25) is 0 Å². The topological polar surface area (TPSA) is 71.2 Å². The SMILES string of the molecule is Cc1noc(N(C)C2CN(c3cc4c(nn3)CCCC4)C2)n1. The van der Waals surface area contributed by atoms with Crippen molar-refractivity contribution in [2.45, 2.75) is 38.6 Å². The fraction of sp³-hybridized carbons (Fsp3) is 0.600. The molecule has 3 heterocycles. The molecule has 0 radical (unpaired) electrons. The van der Waals surface area contributed by atoms with E-state index < -0.39 is 0 Å². The Bertz CT molecular complexity index is 678. The van der Waals surface area contributed by atoms with Gasteiger partial charge in [-0.2, -0.15) is 10.1 Å². The van der Waals surface area contributed by atoms with E-state index in [2.05, 4.69) is 31.3 Å². The Kier molecular flexibility index (Phi) is 3.20. The van der Waals surface area contributed by atoms with E-state index in [1.165, 1.54) is 24.1 Å². The van der Waals surface area contributed by atoms with Gasteiger partial charge in [0.2, 0.25) is 0 Å². The van der Waals surface area contributed by atoms with Crippen LogP contribution in [-0.4, -0.2) is 46.5 Å². The predicted molar refractivity (Wildman–Crippen MR) is 82.1 cm³/mol. The minimum Gasteiger partial charge on any atom is -0.351 e. The van der Waals surface area contributed by atoms with Crippen molar-refractivity contribution in [3.63, 3.8) is 0 Å². The summed E-state index contributed by atoms with van der Waals surface area (Å²) >= 11 is 0. The smallest absolute Gasteiger partial charge is 0.324 e. The number of likely N-dealkylation sites (N-methyl/N-ethyl adjacent to an activating group) is 1. The van der Waals surface area contributed by atoms with E-state index in [4.69, 9.17) is 4.52 Å². The summed E-state index contributed by atoms with van der Waals surface area (Å²) in [5, 5.41) is 12.6. The van der Waals surface area contributed by atoms with Gasteiger partial charge in [-0.1, -0.05) is 5.16 Å². The number of nitrogens with zero attached hydrogens (tertiary/aromatic N) is 6. The Morgan fingerprint density at radius 2 is 2.05 bits per heavy atom. The van der Waals surface area contributed by atoms with Gasteiger partial charge in [0, 0.05) is 20.1 Å². The fourth-order valence-electron chi connectivity index (χ4n) is 3.11. The fourth-order valence-corrected chi connectivity index (χ4v) is 3.11. The molecular weight excluding hydrogens is 280 g/mol. The van der Waals surface area contributed by atoms with Gasteiger partial charge in [-0.15, -0.1) is 5.10 Å². The van der Waals surface area contributed by atoms with Gasteiger partial charge in [-0.05, 0) is 44.2 Å². The number of hydrogen-bond acceptors (Lipinski definition) is 7. The van der Waals surface area contributed by atoms with Crippen LogP contribution in [0, 0.1) is 6.92 Å². The third-order valence-corrected chi connectivity index (χ3v) is 4.61. The van der Waals surface area contributed by atoms with Gasteiger partial charge in [-0.25, -0.2) is 0 Å². The molecule has 0 N–H and O–H groups in total. The third-order valence-electron chi connectivity index (χ3n) is 4.61. The van der Waals surface area contributed by atoms with E-state index in [0.29, 0.717) is 17.9 Å². The van der Waals surface area contributed by atoms with Crippen molar-refractivity contribution in [2.75, 3.05) is 29.9 Å². The van der Waals surface area contributed by atoms with Gasteiger partial charge < -0.3 is 14.3 Å². The van der Waals surface area contributed by atoms with Crippen LogP contribution < -0.4 is 9.80 Å². The summed E-state index contributed by atoms with van der Waals surface area (Å²) in [5.41, 5.74) is 2.56. The molecule has 22 heavy (non-hydrogen) atoms. The third kappa shape index (κ3) is 2.30. The number of aromatic nitrogens is 4. The molecule has 0 atom stereocenters. The zero-order valence-corrected chi connectivity index (χ0v) is 13.0. The highest BCUT2D eigenvalue weighted by Gasteiger charge is 2.33. The van der Waals surface area contributed by atoms with E-state index in [1.54, 1.807) is 0 Å². The van der Waals surface area contributed by atoms with Gasteiger partial charge >= 0.3 is 6.01 Å². The molecule has 1 aliphatic heterocycles. The number of aryl methyl sites for hydroxylation is 3. The predicted octanol–water partition coefficient (Wildman–Crippen LogP) is 1.37. The molecule has 4 rings (SSSR count). The van der Waals surface area contributed by atoms with E-state index in [0.717, 1.165) is 31.7 Å². The molecule has 2 aliphatic rings. The Morgan fingerprint density at radius 3 is 2.82 bits per heavy atom. The lowest BCUT2D eigenvalue weighted by Crippen LogP contribution is -2.59. The highest BCUT2D eigenvalue weighted by Crippen LogP contribution is 2.27. The van der Waals surface area contributed by atoms with Crippen LogP contribution in [0.3, 0.4) is 0 Å². The van der Waals surface area contributed by atoms with Crippen LogP contribution in [-0.2, 0) is 12.8 Å². The van der Waals surface area contributed by atoms with Crippen LogP contribution in [0.15, 0.2) is 10.6 Å². The normalized spacial score (nSPS) is 18.0. The van der Waals surface area contributed by atoms with E-state index in [1.807, 2.05) is 18.9 Å². The maximum atomic E-state index is 5.22. The minimum absolute atomic E-state index is 0.373. The molecule has 0 saturated carbocycles. The lowest BCUT2D eigenvalue weighted by Gasteiger charge is -2.43. The van der Waals surface area contributed by atoms with Gasteiger partial charge in [0.05, 0.1) is 11.7 Å². The maximum absolute atomic E-state index is 5.22. The lowest BCUT2D eigenvalue weighted by molar-refractivity contribution is 0.387. The summed E-state index contributed by atoms with van der Waals surface area (Å²) < 4.78 is 5.22. The van der Waals surface area contributed by atoms with Crippen LogP contribution in [0.5, 0.6) is 0 Å². The Hall–Kier alpha value is -2.18. The van der Waals surface area contributed by atoms with Crippen LogP contribution >= 0.6 is 0 Å². The van der Waals surface area contributed by atoms with Crippen molar-refractivity contribution in [3.05, 3.63) is 23.1 Å². The summed E-state index contributed by atoms with van der Waals surface area (Å²) in [6, 6.07) is 3.17. The zero-order chi connectivity index (χ0) is 15.1. The Morgan fingerprint density at radius 1 is 1.23 bits per heavy atom. The lowest BCUT2D eigenvalue weighted by atomic mass is 9.96. The summed E-state index contributed by atoms with van der Waals surface area (Å²) in [4.78, 5) is 8.57.